The molecule has 0 saturated carbocycles. The molecule has 0 spiro atoms. The second-order valence-electron chi connectivity index (χ2n) is 3.85. The number of carboxylic acid groups (broad SMARTS) is 1. The molecule has 1 N–H and O–H groups in total. The molecule has 0 aliphatic carbocycles. The van der Waals surface area contributed by atoms with Gasteiger partial charge < -0.3 is 10.0 Å². The number of carboxylic acids is 1. The van der Waals surface area contributed by atoms with E-state index in [2.05, 4.69) is 15.9 Å². The van der Waals surface area contributed by atoms with Crippen LogP contribution in [0.1, 0.15) is 13.3 Å². The van der Waals surface area contributed by atoms with Gasteiger partial charge in [-0.1, -0.05) is 19.1 Å². The Kier molecular flexibility index (Phi) is 4.69. The lowest BCUT2D eigenvalue weighted by molar-refractivity contribution is -0.140. The van der Waals surface area contributed by atoms with Crippen molar-refractivity contribution in [3.63, 3.8) is 0 Å². The summed E-state index contributed by atoms with van der Waals surface area (Å²) in [4.78, 5) is 24.0. The number of anilines is 1. The van der Waals surface area contributed by atoms with Gasteiger partial charge in [0.05, 0.1) is 12.1 Å². The van der Waals surface area contributed by atoms with Gasteiger partial charge in [0, 0.05) is 17.4 Å². The van der Waals surface area contributed by atoms with Crippen LogP contribution in [-0.2, 0) is 9.59 Å². The molecule has 1 aromatic rings. The number of hydrogen-bond acceptors (Lipinski definition) is 2. The van der Waals surface area contributed by atoms with E-state index in [0.29, 0.717) is 0 Å². The second kappa shape index (κ2) is 5.82. The highest BCUT2D eigenvalue weighted by atomic mass is 79.9. The van der Waals surface area contributed by atoms with E-state index in [0.717, 1.165) is 10.2 Å². The molecule has 0 aromatic heterocycles. The highest BCUT2D eigenvalue weighted by Crippen LogP contribution is 2.26. The van der Waals surface area contributed by atoms with Gasteiger partial charge in [0.25, 0.3) is 0 Å². The highest BCUT2D eigenvalue weighted by molar-refractivity contribution is 9.10. The molecule has 0 radical (unpaired) electrons. The smallest absolute Gasteiger partial charge is 0.304 e. The summed E-state index contributed by atoms with van der Waals surface area (Å²) in [5.74, 6) is -1.71. The van der Waals surface area contributed by atoms with Gasteiger partial charge in [-0.2, -0.15) is 0 Å². The molecule has 0 heterocycles. The number of hydrogen-bond donors (Lipinski definition) is 1. The van der Waals surface area contributed by atoms with Crippen LogP contribution in [0.5, 0.6) is 0 Å². The number of halogens is 1. The van der Waals surface area contributed by atoms with Crippen LogP contribution in [0.3, 0.4) is 0 Å². The maximum Gasteiger partial charge on any atom is 0.304 e. The van der Waals surface area contributed by atoms with E-state index in [-0.39, 0.29) is 12.3 Å². The normalized spacial score (nSPS) is 11.9. The van der Waals surface area contributed by atoms with Gasteiger partial charge in [0.2, 0.25) is 5.91 Å². The Morgan fingerprint density at radius 1 is 1.41 bits per heavy atom. The minimum Gasteiger partial charge on any atom is -0.481 e. The maximum atomic E-state index is 12.0. The fourth-order valence-electron chi connectivity index (χ4n) is 1.52. The Bertz CT molecular complexity index is 434. The van der Waals surface area contributed by atoms with E-state index in [1.54, 1.807) is 20.0 Å². The monoisotopic (exact) mass is 299 g/mol. The van der Waals surface area contributed by atoms with Crippen molar-refractivity contribution in [3.05, 3.63) is 28.7 Å². The fraction of sp³-hybridized carbons (Fsp3) is 0.333. The number of nitrogens with zero attached hydrogens (tertiary/aromatic N) is 1. The first-order valence-electron chi connectivity index (χ1n) is 5.17. The zero-order valence-corrected chi connectivity index (χ0v) is 11.3. The van der Waals surface area contributed by atoms with Crippen molar-refractivity contribution < 1.29 is 14.7 Å². The number of benzene rings is 1. The van der Waals surface area contributed by atoms with Crippen LogP contribution >= 0.6 is 15.9 Å². The Morgan fingerprint density at radius 2 is 2.00 bits per heavy atom. The van der Waals surface area contributed by atoms with Crippen molar-refractivity contribution >= 4 is 33.5 Å². The van der Waals surface area contributed by atoms with E-state index in [1.165, 1.54) is 4.90 Å². The van der Waals surface area contributed by atoms with Crippen molar-refractivity contribution in [3.8, 4) is 0 Å². The van der Waals surface area contributed by atoms with Crippen molar-refractivity contribution in [2.24, 2.45) is 5.92 Å². The molecule has 1 unspecified atom stereocenters. The molecule has 4 nitrogen and oxygen atoms in total. The largest absolute Gasteiger partial charge is 0.481 e. The van der Waals surface area contributed by atoms with Crippen LogP contribution in [0.15, 0.2) is 28.7 Å². The summed E-state index contributed by atoms with van der Waals surface area (Å²) in [7, 11) is 1.64. The SMILES string of the molecule is CC(CC(=O)O)C(=O)N(C)c1ccccc1Br. The molecular weight excluding hydrogens is 286 g/mol. The zero-order valence-electron chi connectivity index (χ0n) is 9.68. The van der Waals surface area contributed by atoms with Gasteiger partial charge in [0.1, 0.15) is 0 Å². The minimum absolute atomic E-state index is 0.159. The van der Waals surface area contributed by atoms with Gasteiger partial charge in [0.15, 0.2) is 0 Å². The second-order valence-corrected chi connectivity index (χ2v) is 4.70. The molecule has 0 aliphatic rings. The number of amides is 1. The van der Waals surface area contributed by atoms with Crippen molar-refractivity contribution in [1.29, 1.82) is 0 Å². The van der Waals surface area contributed by atoms with Crippen LogP contribution in [0.4, 0.5) is 5.69 Å². The molecule has 17 heavy (non-hydrogen) atoms. The third-order valence-electron chi connectivity index (χ3n) is 2.45. The maximum absolute atomic E-state index is 12.0. The first kappa shape index (κ1) is 13.7. The lowest BCUT2D eigenvalue weighted by Gasteiger charge is -2.21. The predicted octanol–water partition coefficient (Wildman–Crippen LogP) is 2.52. The standard InChI is InChI=1S/C12H14BrNO3/c1-8(7-11(15)16)12(17)14(2)10-6-4-3-5-9(10)13/h3-6,8H,7H2,1-2H3,(H,15,16). The van der Waals surface area contributed by atoms with E-state index >= 15 is 0 Å². The average Bonchev–Trinajstić information content (AvgIpc) is 2.27. The third kappa shape index (κ3) is 3.56. The first-order valence-corrected chi connectivity index (χ1v) is 5.96. The van der Waals surface area contributed by atoms with E-state index in [4.69, 9.17) is 5.11 Å². The molecular formula is C12H14BrNO3. The quantitative estimate of drug-likeness (QED) is 0.929. The molecule has 0 aliphatic heterocycles. The number of carbonyl (C=O) groups is 2. The fourth-order valence-corrected chi connectivity index (χ4v) is 2.07. The van der Waals surface area contributed by atoms with E-state index in [1.807, 2.05) is 18.2 Å². The first-order chi connectivity index (χ1) is 7.93. The molecule has 1 amide bonds. The van der Waals surface area contributed by atoms with Crippen LogP contribution in [-0.4, -0.2) is 24.0 Å². The summed E-state index contributed by atoms with van der Waals surface area (Å²) in [6, 6.07) is 7.31. The van der Waals surface area contributed by atoms with Crippen molar-refractivity contribution in [1.82, 2.24) is 0 Å². The van der Waals surface area contributed by atoms with E-state index in [9.17, 15) is 9.59 Å². The lowest BCUT2D eigenvalue weighted by Crippen LogP contribution is -2.32. The molecule has 92 valence electrons. The van der Waals surface area contributed by atoms with E-state index < -0.39 is 11.9 Å². The third-order valence-corrected chi connectivity index (χ3v) is 3.12. The summed E-state index contributed by atoms with van der Waals surface area (Å²) in [5.41, 5.74) is 0.731. The van der Waals surface area contributed by atoms with Gasteiger partial charge in [-0.25, -0.2) is 0 Å². The Balaban J connectivity index is 2.83. The molecule has 1 atom stereocenters. The van der Waals surface area contributed by atoms with Gasteiger partial charge >= 0.3 is 5.97 Å². The molecule has 5 heteroatoms. The Morgan fingerprint density at radius 3 is 2.53 bits per heavy atom. The van der Waals surface area contributed by atoms with Crippen LogP contribution in [0, 0.1) is 5.92 Å². The van der Waals surface area contributed by atoms with Gasteiger partial charge in [-0.15, -0.1) is 0 Å². The summed E-state index contributed by atoms with van der Waals surface area (Å²) < 4.78 is 0.804. The van der Waals surface area contributed by atoms with Crippen molar-refractivity contribution in [2.75, 3.05) is 11.9 Å². The molecule has 1 rings (SSSR count). The summed E-state index contributed by atoms with van der Waals surface area (Å²) in [6.07, 6.45) is -0.159. The summed E-state index contributed by atoms with van der Waals surface area (Å²) >= 11 is 3.35. The van der Waals surface area contributed by atoms with Crippen LogP contribution < -0.4 is 4.90 Å². The van der Waals surface area contributed by atoms with Crippen molar-refractivity contribution in [2.45, 2.75) is 13.3 Å². The predicted molar refractivity (Wildman–Crippen MR) is 69.0 cm³/mol. The number of rotatable bonds is 4. The molecule has 0 bridgehead atoms. The summed E-state index contributed by atoms with van der Waals surface area (Å²) in [6.45, 7) is 1.61. The average molecular weight is 300 g/mol. The van der Waals surface area contributed by atoms with Crippen LogP contribution in [0.25, 0.3) is 0 Å². The summed E-state index contributed by atoms with van der Waals surface area (Å²) in [5, 5.41) is 8.66. The Labute approximate surface area is 108 Å². The molecule has 0 saturated heterocycles. The minimum atomic E-state index is -0.966. The number of para-hydroxylation sites is 1. The topological polar surface area (TPSA) is 57.6 Å². The highest BCUT2D eigenvalue weighted by Gasteiger charge is 2.22. The Hall–Kier alpha value is -1.36. The molecule has 1 aromatic carbocycles. The lowest BCUT2D eigenvalue weighted by atomic mass is 10.1. The van der Waals surface area contributed by atoms with Gasteiger partial charge in [-0.05, 0) is 28.1 Å². The van der Waals surface area contributed by atoms with Gasteiger partial charge in [-0.3, -0.25) is 9.59 Å². The number of aliphatic carboxylic acids is 1. The van der Waals surface area contributed by atoms with Crippen LogP contribution in [0.2, 0.25) is 0 Å². The zero-order chi connectivity index (χ0) is 13.0. The number of carbonyl (C=O) groups excluding carboxylic acids is 1. The molecule has 0 fully saturated rings.